The van der Waals surface area contributed by atoms with Crippen molar-refractivity contribution in [1.82, 2.24) is 19.9 Å². The van der Waals surface area contributed by atoms with Gasteiger partial charge in [-0.1, -0.05) is 6.07 Å². The highest BCUT2D eigenvalue weighted by molar-refractivity contribution is 5.98. The number of hydrogen-bond acceptors (Lipinski definition) is 4. The molecule has 2 aromatic heterocycles. The lowest BCUT2D eigenvalue weighted by atomic mass is 9.96. The highest BCUT2D eigenvalue weighted by Crippen LogP contribution is 2.21. The van der Waals surface area contributed by atoms with Crippen LogP contribution >= 0.6 is 0 Å². The normalized spacial score (nSPS) is 17.1. The van der Waals surface area contributed by atoms with Gasteiger partial charge in [-0.05, 0) is 49.6 Å². The van der Waals surface area contributed by atoms with E-state index < -0.39 is 0 Å². The van der Waals surface area contributed by atoms with Crippen LogP contribution < -0.4 is 5.32 Å². The molecule has 0 unspecified atom stereocenters. The quantitative estimate of drug-likeness (QED) is 0.749. The van der Waals surface area contributed by atoms with Gasteiger partial charge in [0.1, 0.15) is 5.82 Å². The molecule has 0 aliphatic carbocycles. The maximum atomic E-state index is 12.9. The summed E-state index contributed by atoms with van der Waals surface area (Å²) in [4.78, 5) is 38.6. The van der Waals surface area contributed by atoms with E-state index in [1.807, 2.05) is 25.1 Å². The van der Waals surface area contributed by atoms with Crippen LogP contribution in [-0.2, 0) is 4.79 Å². The zero-order chi connectivity index (χ0) is 18.8. The molecule has 27 heavy (non-hydrogen) atoms. The molecule has 0 bridgehead atoms. The minimum absolute atomic E-state index is 0.0579. The van der Waals surface area contributed by atoms with Crippen LogP contribution in [0.4, 0.5) is 5.82 Å². The average molecular weight is 363 g/mol. The fourth-order valence-electron chi connectivity index (χ4n) is 3.40. The topological polar surface area (TPSA) is 91.0 Å². The van der Waals surface area contributed by atoms with E-state index >= 15 is 0 Å². The van der Waals surface area contributed by atoms with E-state index in [0.717, 1.165) is 29.4 Å². The number of pyridine rings is 1. The summed E-state index contributed by atoms with van der Waals surface area (Å²) in [5.41, 5.74) is 3.30. The molecule has 2 N–H and O–H groups in total. The zero-order valence-electron chi connectivity index (χ0n) is 15.1. The molecule has 1 saturated heterocycles. The fraction of sp³-hybridized carbons (Fsp3) is 0.300. The summed E-state index contributed by atoms with van der Waals surface area (Å²) in [6.45, 7) is 3.02. The number of carbonyl (C=O) groups is 2. The molecule has 0 spiro atoms. The molecule has 7 nitrogen and oxygen atoms in total. The average Bonchev–Trinajstić information content (AvgIpc) is 3.17. The number of aromatic amines is 1. The molecule has 0 radical (unpaired) electrons. The number of imidazole rings is 1. The van der Waals surface area contributed by atoms with Gasteiger partial charge in [-0.15, -0.1) is 0 Å². The van der Waals surface area contributed by atoms with Gasteiger partial charge in [0.25, 0.3) is 5.91 Å². The van der Waals surface area contributed by atoms with E-state index in [1.54, 1.807) is 29.6 Å². The van der Waals surface area contributed by atoms with Crippen LogP contribution in [0.15, 0.2) is 42.9 Å². The molecule has 1 aromatic carbocycles. The number of aromatic nitrogens is 3. The van der Waals surface area contributed by atoms with Crippen molar-refractivity contribution in [1.29, 1.82) is 0 Å². The van der Waals surface area contributed by atoms with Crippen LogP contribution in [-0.4, -0.2) is 44.8 Å². The van der Waals surface area contributed by atoms with Crippen LogP contribution in [0.25, 0.3) is 11.0 Å². The summed E-state index contributed by atoms with van der Waals surface area (Å²) in [5.74, 6) is 0.158. The van der Waals surface area contributed by atoms with Crippen LogP contribution in [0.2, 0.25) is 0 Å². The van der Waals surface area contributed by atoms with Gasteiger partial charge >= 0.3 is 0 Å². The Morgan fingerprint density at radius 3 is 2.93 bits per heavy atom. The third-order valence-electron chi connectivity index (χ3n) is 4.91. The molecule has 1 atom stereocenters. The van der Waals surface area contributed by atoms with Crippen molar-refractivity contribution >= 4 is 28.7 Å². The van der Waals surface area contributed by atoms with Gasteiger partial charge in [0.15, 0.2) is 0 Å². The minimum atomic E-state index is -0.235. The molecule has 1 aliphatic rings. The van der Waals surface area contributed by atoms with E-state index in [-0.39, 0.29) is 17.7 Å². The number of carbonyl (C=O) groups excluding carboxylic acids is 2. The van der Waals surface area contributed by atoms with E-state index in [9.17, 15) is 9.59 Å². The molecule has 3 aromatic rings. The summed E-state index contributed by atoms with van der Waals surface area (Å²) in [6, 6.07) is 9.12. The smallest absolute Gasteiger partial charge is 0.253 e. The van der Waals surface area contributed by atoms with Gasteiger partial charge in [-0.3, -0.25) is 9.59 Å². The largest absolute Gasteiger partial charge is 0.345 e. The highest BCUT2D eigenvalue weighted by Gasteiger charge is 2.29. The summed E-state index contributed by atoms with van der Waals surface area (Å²) >= 11 is 0. The van der Waals surface area contributed by atoms with E-state index in [4.69, 9.17) is 0 Å². The summed E-state index contributed by atoms with van der Waals surface area (Å²) in [5, 5.41) is 2.86. The molecule has 2 amide bonds. The number of nitrogens with one attached hydrogen (secondary N) is 2. The number of aryl methyl sites for hydroxylation is 1. The third kappa shape index (κ3) is 3.67. The SMILES string of the molecule is Cc1ccc(NC(=O)[C@H]2CCCN(C(=O)c3ccc4nc[nH]c4c3)C2)nc1. The number of piperidine rings is 1. The van der Waals surface area contributed by atoms with Crippen molar-refractivity contribution < 1.29 is 9.59 Å². The van der Waals surface area contributed by atoms with Gasteiger partial charge in [0.05, 0.1) is 23.3 Å². The number of H-pyrrole nitrogens is 1. The molecule has 0 saturated carbocycles. The van der Waals surface area contributed by atoms with Crippen molar-refractivity contribution in [2.24, 2.45) is 5.92 Å². The number of anilines is 1. The first-order valence-electron chi connectivity index (χ1n) is 9.06. The summed E-state index contributed by atoms with van der Waals surface area (Å²) in [7, 11) is 0. The second-order valence-corrected chi connectivity index (χ2v) is 6.93. The fourth-order valence-corrected chi connectivity index (χ4v) is 3.40. The lowest BCUT2D eigenvalue weighted by Crippen LogP contribution is -2.43. The van der Waals surface area contributed by atoms with Gasteiger partial charge in [-0.25, -0.2) is 9.97 Å². The molecule has 1 aliphatic heterocycles. The van der Waals surface area contributed by atoms with Gasteiger partial charge < -0.3 is 15.2 Å². The number of fused-ring (bicyclic) bond motifs is 1. The first kappa shape index (κ1) is 17.2. The number of hydrogen-bond donors (Lipinski definition) is 2. The Kier molecular flexibility index (Phi) is 4.58. The van der Waals surface area contributed by atoms with E-state index in [0.29, 0.717) is 24.5 Å². The Balaban J connectivity index is 1.44. The lowest BCUT2D eigenvalue weighted by Gasteiger charge is -2.32. The van der Waals surface area contributed by atoms with Gasteiger partial charge in [0.2, 0.25) is 5.91 Å². The molecule has 138 valence electrons. The third-order valence-corrected chi connectivity index (χ3v) is 4.91. The molecular weight excluding hydrogens is 342 g/mol. The molecule has 3 heterocycles. The van der Waals surface area contributed by atoms with Crippen molar-refractivity contribution in [3.05, 3.63) is 54.0 Å². The summed E-state index contributed by atoms with van der Waals surface area (Å²) < 4.78 is 0. The lowest BCUT2D eigenvalue weighted by molar-refractivity contribution is -0.121. The predicted molar refractivity (Wildman–Crippen MR) is 102 cm³/mol. The Hall–Kier alpha value is -3.22. The second-order valence-electron chi connectivity index (χ2n) is 6.93. The van der Waals surface area contributed by atoms with Crippen LogP contribution in [0.3, 0.4) is 0 Å². The van der Waals surface area contributed by atoms with Crippen LogP contribution in [0.5, 0.6) is 0 Å². The molecule has 7 heteroatoms. The number of rotatable bonds is 3. The second kappa shape index (κ2) is 7.19. The van der Waals surface area contributed by atoms with Crippen molar-refractivity contribution in [3.63, 3.8) is 0 Å². The van der Waals surface area contributed by atoms with Gasteiger partial charge in [-0.2, -0.15) is 0 Å². The highest BCUT2D eigenvalue weighted by atomic mass is 16.2. The zero-order valence-corrected chi connectivity index (χ0v) is 15.1. The van der Waals surface area contributed by atoms with Crippen molar-refractivity contribution in [3.8, 4) is 0 Å². The number of nitrogens with zero attached hydrogens (tertiary/aromatic N) is 3. The Labute approximate surface area is 156 Å². The van der Waals surface area contributed by atoms with Crippen LogP contribution in [0, 0.1) is 12.8 Å². The number of amides is 2. The first-order valence-corrected chi connectivity index (χ1v) is 9.06. The minimum Gasteiger partial charge on any atom is -0.345 e. The predicted octanol–water partition coefficient (Wildman–Crippen LogP) is 2.76. The maximum absolute atomic E-state index is 12.9. The Morgan fingerprint density at radius 2 is 2.11 bits per heavy atom. The van der Waals surface area contributed by atoms with Gasteiger partial charge in [0, 0.05) is 24.8 Å². The first-order chi connectivity index (χ1) is 13.1. The molecule has 1 fully saturated rings. The van der Waals surface area contributed by atoms with Crippen molar-refractivity contribution in [2.75, 3.05) is 18.4 Å². The number of likely N-dealkylation sites (tertiary alicyclic amines) is 1. The Bertz CT molecular complexity index is 979. The van der Waals surface area contributed by atoms with Crippen LogP contribution in [0.1, 0.15) is 28.8 Å². The van der Waals surface area contributed by atoms with E-state index in [1.165, 1.54) is 0 Å². The Morgan fingerprint density at radius 1 is 1.22 bits per heavy atom. The number of benzene rings is 1. The molecule has 4 rings (SSSR count). The standard InChI is InChI=1S/C20H21N5O2/c1-13-4-7-18(21-10-13)24-19(26)15-3-2-8-25(11-15)20(27)14-5-6-16-17(9-14)23-12-22-16/h4-7,9-10,12,15H,2-3,8,11H2,1H3,(H,22,23)(H,21,24,26)/t15-/m0/s1. The monoisotopic (exact) mass is 363 g/mol. The molecular formula is C20H21N5O2. The summed E-state index contributed by atoms with van der Waals surface area (Å²) in [6.07, 6.45) is 4.90. The van der Waals surface area contributed by atoms with Crippen molar-refractivity contribution in [2.45, 2.75) is 19.8 Å². The van der Waals surface area contributed by atoms with E-state index in [2.05, 4.69) is 20.3 Å². The maximum Gasteiger partial charge on any atom is 0.253 e.